The van der Waals surface area contributed by atoms with E-state index in [1.165, 1.54) is 51.9 Å². The first-order valence-corrected chi connectivity index (χ1v) is 10.2. The molecule has 2 fully saturated rings. The molecule has 130 valence electrons. The summed E-state index contributed by atoms with van der Waals surface area (Å²) in [5.74, 6) is 0. The van der Waals surface area contributed by atoms with Gasteiger partial charge in [0.15, 0.2) is 0 Å². The summed E-state index contributed by atoms with van der Waals surface area (Å²) in [5, 5.41) is 1.57. The Kier molecular flexibility index (Phi) is 5.00. The fourth-order valence-electron chi connectivity index (χ4n) is 4.17. The zero-order chi connectivity index (χ0) is 16.7. The first kappa shape index (κ1) is 17.0. The summed E-state index contributed by atoms with van der Waals surface area (Å²) < 4.78 is 3.49. The van der Waals surface area contributed by atoms with Crippen LogP contribution in [0.1, 0.15) is 31.7 Å². The summed E-state index contributed by atoms with van der Waals surface area (Å²) in [6.45, 7) is 4.85. The van der Waals surface area contributed by atoms with E-state index in [1.54, 1.807) is 6.33 Å². The molecule has 0 N–H and O–H groups in total. The van der Waals surface area contributed by atoms with E-state index in [2.05, 4.69) is 60.2 Å². The van der Waals surface area contributed by atoms with Crippen molar-refractivity contribution in [1.82, 2.24) is 24.3 Å². The number of hydrogen-bond donors (Lipinski definition) is 0. The van der Waals surface area contributed by atoms with Gasteiger partial charge in [-0.2, -0.15) is 0 Å². The Hall–Kier alpha value is -0.440. The van der Waals surface area contributed by atoms with Gasteiger partial charge in [0, 0.05) is 48.0 Å². The van der Waals surface area contributed by atoms with E-state index >= 15 is 0 Å². The fraction of sp³-hybridized carbons (Fsp3) is 0.647. The predicted octanol–water partition coefficient (Wildman–Crippen LogP) is 3.42. The van der Waals surface area contributed by atoms with Crippen molar-refractivity contribution in [2.24, 2.45) is 0 Å². The molecular weight excluding hydrogens is 437 g/mol. The Morgan fingerprint density at radius 1 is 1.04 bits per heavy atom. The van der Waals surface area contributed by atoms with Crippen LogP contribution >= 0.6 is 34.2 Å². The largest absolute Gasteiger partial charge is 0.328 e. The fourth-order valence-corrected chi connectivity index (χ4v) is 5.36. The van der Waals surface area contributed by atoms with Crippen molar-refractivity contribution in [2.75, 3.05) is 33.2 Å². The van der Waals surface area contributed by atoms with Crippen molar-refractivity contribution in [3.05, 3.63) is 21.2 Å². The Morgan fingerprint density at radius 2 is 1.71 bits per heavy atom. The lowest BCUT2D eigenvalue weighted by atomic mass is 9.89. The van der Waals surface area contributed by atoms with Crippen molar-refractivity contribution in [3.8, 4) is 0 Å². The van der Waals surface area contributed by atoms with Crippen LogP contribution in [0.25, 0.3) is 11.0 Å². The van der Waals surface area contributed by atoms with Gasteiger partial charge >= 0.3 is 0 Å². The summed E-state index contributed by atoms with van der Waals surface area (Å²) in [5.41, 5.74) is 0.988. The molecule has 0 radical (unpaired) electrons. The van der Waals surface area contributed by atoms with Crippen LogP contribution < -0.4 is 0 Å². The first-order valence-electron chi connectivity index (χ1n) is 8.72. The summed E-state index contributed by atoms with van der Waals surface area (Å²) in [6, 6.07) is 1.29. The molecular formula is C17H23ClIN5. The van der Waals surface area contributed by atoms with Gasteiger partial charge in [-0.05, 0) is 55.3 Å². The highest BCUT2D eigenvalue weighted by Crippen LogP contribution is 2.36. The maximum atomic E-state index is 6.27. The zero-order valence-electron chi connectivity index (χ0n) is 14.0. The highest BCUT2D eigenvalue weighted by Gasteiger charge is 2.29. The average Bonchev–Trinajstić information content (AvgIpc) is 2.94. The van der Waals surface area contributed by atoms with E-state index in [-0.39, 0.29) is 0 Å². The summed E-state index contributed by atoms with van der Waals surface area (Å²) >= 11 is 8.61. The molecule has 2 aromatic heterocycles. The van der Waals surface area contributed by atoms with E-state index in [1.807, 2.05) is 0 Å². The molecule has 0 amide bonds. The maximum Gasteiger partial charge on any atom is 0.146 e. The molecule has 2 aliphatic rings. The van der Waals surface area contributed by atoms with Crippen LogP contribution in [0.5, 0.6) is 0 Å². The number of aromatic nitrogens is 3. The van der Waals surface area contributed by atoms with Crippen molar-refractivity contribution >= 4 is 45.2 Å². The number of fused-ring (bicyclic) bond motifs is 1. The van der Waals surface area contributed by atoms with Crippen LogP contribution in [0.3, 0.4) is 0 Å². The highest BCUT2D eigenvalue weighted by molar-refractivity contribution is 14.1. The van der Waals surface area contributed by atoms with E-state index in [0.29, 0.717) is 11.2 Å². The minimum atomic E-state index is 0.533. The number of hydrogen-bond acceptors (Lipinski definition) is 4. The molecule has 2 aromatic rings. The minimum absolute atomic E-state index is 0.533. The zero-order valence-corrected chi connectivity index (χ0v) is 16.9. The topological polar surface area (TPSA) is 37.2 Å². The monoisotopic (exact) mass is 459 g/mol. The molecule has 24 heavy (non-hydrogen) atoms. The van der Waals surface area contributed by atoms with Gasteiger partial charge in [-0.1, -0.05) is 11.6 Å². The van der Waals surface area contributed by atoms with Crippen LogP contribution in [-0.2, 0) is 0 Å². The molecule has 0 spiro atoms. The molecule has 3 heterocycles. The number of nitrogens with zero attached hydrogens (tertiary/aromatic N) is 5. The quantitative estimate of drug-likeness (QED) is 0.509. The molecule has 7 heteroatoms. The van der Waals surface area contributed by atoms with Gasteiger partial charge in [-0.3, -0.25) is 4.90 Å². The van der Waals surface area contributed by atoms with Crippen LogP contribution in [0.4, 0.5) is 0 Å². The molecule has 1 aliphatic heterocycles. The van der Waals surface area contributed by atoms with Crippen LogP contribution in [0, 0.1) is 3.57 Å². The van der Waals surface area contributed by atoms with E-state index in [9.17, 15) is 0 Å². The highest BCUT2D eigenvalue weighted by atomic mass is 127. The van der Waals surface area contributed by atoms with Crippen molar-refractivity contribution in [1.29, 1.82) is 0 Å². The van der Waals surface area contributed by atoms with E-state index in [4.69, 9.17) is 11.6 Å². The second-order valence-electron chi connectivity index (χ2n) is 7.05. The number of piperazine rings is 1. The summed E-state index contributed by atoms with van der Waals surface area (Å²) in [4.78, 5) is 13.8. The van der Waals surface area contributed by atoms with Crippen molar-refractivity contribution in [3.63, 3.8) is 0 Å². The summed E-state index contributed by atoms with van der Waals surface area (Å²) in [7, 11) is 2.22. The smallest absolute Gasteiger partial charge is 0.146 e. The molecule has 1 aliphatic carbocycles. The molecule has 0 aromatic carbocycles. The lowest BCUT2D eigenvalue weighted by molar-refractivity contribution is 0.0827. The third kappa shape index (κ3) is 3.18. The SMILES string of the molecule is CN1CCN([C@H]2CC[C@@H](n3cc(I)c4c(Cl)ncnc43)CC2)CC1. The van der Waals surface area contributed by atoms with Crippen LogP contribution in [0.2, 0.25) is 5.15 Å². The van der Waals surface area contributed by atoms with E-state index < -0.39 is 0 Å². The maximum absolute atomic E-state index is 6.27. The number of halogens is 2. The second kappa shape index (κ2) is 7.05. The average molecular weight is 460 g/mol. The van der Waals surface area contributed by atoms with Gasteiger partial charge in [0.05, 0.1) is 5.39 Å². The van der Waals surface area contributed by atoms with Gasteiger partial charge in [0.25, 0.3) is 0 Å². The first-order chi connectivity index (χ1) is 11.6. The second-order valence-corrected chi connectivity index (χ2v) is 8.57. The molecule has 0 atom stereocenters. The van der Waals surface area contributed by atoms with Gasteiger partial charge in [0.1, 0.15) is 17.1 Å². The van der Waals surface area contributed by atoms with Crippen molar-refractivity contribution < 1.29 is 0 Å². The predicted molar refractivity (Wildman–Crippen MR) is 106 cm³/mol. The van der Waals surface area contributed by atoms with Gasteiger partial charge in [-0.25, -0.2) is 9.97 Å². The molecule has 1 saturated heterocycles. The molecule has 4 rings (SSSR count). The normalized spacial score (nSPS) is 27.0. The van der Waals surface area contributed by atoms with Crippen LogP contribution in [0.15, 0.2) is 12.5 Å². The van der Waals surface area contributed by atoms with Gasteiger partial charge < -0.3 is 9.47 Å². The molecule has 0 bridgehead atoms. The summed E-state index contributed by atoms with van der Waals surface area (Å²) in [6.07, 6.45) is 8.78. The van der Waals surface area contributed by atoms with Gasteiger partial charge in [0.2, 0.25) is 0 Å². The minimum Gasteiger partial charge on any atom is -0.328 e. The number of likely N-dealkylation sites (N-methyl/N-ethyl adjacent to an activating group) is 1. The third-order valence-electron chi connectivity index (χ3n) is 5.63. The third-order valence-corrected chi connectivity index (χ3v) is 6.74. The standard InChI is InChI=1S/C17H23ClIN5/c1-22-6-8-23(9-7-22)12-2-4-13(5-3-12)24-10-14(19)15-16(18)20-11-21-17(15)24/h10-13H,2-9H2,1H3/t12-,13+. The number of rotatable bonds is 2. The lowest BCUT2D eigenvalue weighted by Gasteiger charge is -2.41. The lowest BCUT2D eigenvalue weighted by Crippen LogP contribution is -2.49. The molecule has 5 nitrogen and oxygen atoms in total. The van der Waals surface area contributed by atoms with Crippen molar-refractivity contribution in [2.45, 2.75) is 37.8 Å². The molecule has 0 unspecified atom stereocenters. The van der Waals surface area contributed by atoms with E-state index in [0.717, 1.165) is 20.6 Å². The van der Waals surface area contributed by atoms with Crippen LogP contribution in [-0.4, -0.2) is 63.6 Å². The Labute approximate surface area is 161 Å². The Bertz CT molecular complexity index is 717. The van der Waals surface area contributed by atoms with Gasteiger partial charge in [-0.15, -0.1) is 0 Å². The Morgan fingerprint density at radius 3 is 2.42 bits per heavy atom. The molecule has 1 saturated carbocycles. The Balaban J connectivity index is 1.47.